The molecule has 0 amide bonds. The van der Waals surface area contributed by atoms with Crippen molar-refractivity contribution >= 4 is 5.57 Å². The van der Waals surface area contributed by atoms with Crippen LogP contribution in [0.5, 0.6) is 0 Å². The molecule has 0 aliphatic heterocycles. The summed E-state index contributed by atoms with van der Waals surface area (Å²) in [6.45, 7) is 6.25. The van der Waals surface area contributed by atoms with Gasteiger partial charge in [0, 0.05) is 0 Å². The highest BCUT2D eigenvalue weighted by molar-refractivity contribution is 5.74. The zero-order chi connectivity index (χ0) is 13.4. The first-order valence-electron chi connectivity index (χ1n) is 5.84. The van der Waals surface area contributed by atoms with E-state index in [1.54, 1.807) is 12.2 Å². The Balaban J connectivity index is 2.91. The first kappa shape index (κ1) is 14.1. The minimum Gasteiger partial charge on any atom is -0.480 e. The van der Waals surface area contributed by atoms with Crippen LogP contribution in [0.4, 0.5) is 0 Å². The largest absolute Gasteiger partial charge is 0.480 e. The van der Waals surface area contributed by atoms with Crippen LogP contribution in [0, 0.1) is 0 Å². The number of rotatable bonds is 6. The Hall–Kier alpha value is -2.00. The van der Waals surface area contributed by atoms with E-state index in [2.05, 4.69) is 6.58 Å². The summed E-state index contributed by atoms with van der Waals surface area (Å²) < 4.78 is 5.14. The van der Waals surface area contributed by atoms with E-state index in [9.17, 15) is 0 Å². The van der Waals surface area contributed by atoms with Crippen molar-refractivity contribution in [2.24, 2.45) is 5.73 Å². The Morgan fingerprint density at radius 3 is 2.50 bits per heavy atom. The predicted octanol–water partition coefficient (Wildman–Crippen LogP) is 2.58. The Morgan fingerprint density at radius 2 is 2.00 bits per heavy atom. The van der Waals surface area contributed by atoms with Crippen LogP contribution < -0.4 is 5.73 Å². The van der Waals surface area contributed by atoms with Crippen LogP contribution in [0.2, 0.25) is 0 Å². The Kier molecular flexibility index (Phi) is 5.74. The highest BCUT2D eigenvalue weighted by Gasteiger charge is 1.97. The van der Waals surface area contributed by atoms with Gasteiger partial charge in [-0.25, -0.2) is 0 Å². The Morgan fingerprint density at radius 1 is 1.33 bits per heavy atom. The van der Waals surface area contributed by atoms with Gasteiger partial charge in [0.2, 0.25) is 0 Å². The van der Waals surface area contributed by atoms with Gasteiger partial charge >= 0.3 is 0 Å². The van der Waals surface area contributed by atoms with Gasteiger partial charge < -0.3 is 15.6 Å². The van der Waals surface area contributed by atoms with Gasteiger partial charge in [-0.05, 0) is 35.8 Å². The van der Waals surface area contributed by atoms with Gasteiger partial charge in [-0.2, -0.15) is 0 Å². The summed E-state index contributed by atoms with van der Waals surface area (Å²) in [5, 5.41) is 8.98. The average Bonchev–Trinajstić information content (AvgIpc) is 2.40. The molecular formula is C15H19NO2. The van der Waals surface area contributed by atoms with E-state index in [1.165, 1.54) is 0 Å². The van der Waals surface area contributed by atoms with E-state index in [-0.39, 0.29) is 6.61 Å². The fourth-order valence-corrected chi connectivity index (χ4v) is 1.47. The second-order valence-corrected chi connectivity index (χ2v) is 3.68. The number of benzene rings is 1. The first-order chi connectivity index (χ1) is 8.71. The highest BCUT2D eigenvalue weighted by Crippen LogP contribution is 2.16. The second-order valence-electron chi connectivity index (χ2n) is 3.68. The van der Waals surface area contributed by atoms with E-state index in [0.717, 1.165) is 16.7 Å². The lowest BCUT2D eigenvalue weighted by atomic mass is 10.0. The topological polar surface area (TPSA) is 55.5 Å². The van der Waals surface area contributed by atoms with Crippen LogP contribution in [-0.4, -0.2) is 11.7 Å². The number of ether oxygens (including phenoxy) is 1. The van der Waals surface area contributed by atoms with Crippen LogP contribution in [0.15, 0.2) is 55.0 Å². The SMILES string of the molecule is C=C/C(=C\C=C(/N)OCC)c1ccc(CO)cc1. The molecule has 0 bridgehead atoms. The predicted molar refractivity (Wildman–Crippen MR) is 74.4 cm³/mol. The van der Waals surface area contributed by atoms with Crippen LogP contribution in [-0.2, 0) is 11.3 Å². The monoisotopic (exact) mass is 245 g/mol. The number of allylic oxidation sites excluding steroid dienone is 4. The van der Waals surface area contributed by atoms with Gasteiger partial charge in [-0.3, -0.25) is 0 Å². The average molecular weight is 245 g/mol. The van der Waals surface area contributed by atoms with Gasteiger partial charge in [-0.1, -0.05) is 36.9 Å². The summed E-state index contributed by atoms with van der Waals surface area (Å²) in [6, 6.07) is 7.62. The molecule has 3 heteroatoms. The number of aliphatic hydroxyl groups excluding tert-OH is 1. The van der Waals surface area contributed by atoms with Crippen LogP contribution >= 0.6 is 0 Å². The van der Waals surface area contributed by atoms with E-state index in [4.69, 9.17) is 15.6 Å². The fraction of sp³-hybridized carbons (Fsp3) is 0.200. The van der Waals surface area contributed by atoms with Gasteiger partial charge in [0.1, 0.15) is 0 Å². The van der Waals surface area contributed by atoms with Crippen molar-refractivity contribution in [3.05, 3.63) is 66.1 Å². The second kappa shape index (κ2) is 7.35. The summed E-state index contributed by atoms with van der Waals surface area (Å²) in [5.41, 5.74) is 8.48. The maximum atomic E-state index is 8.98. The van der Waals surface area contributed by atoms with Crippen LogP contribution in [0.1, 0.15) is 18.1 Å². The minimum atomic E-state index is 0.0462. The zero-order valence-corrected chi connectivity index (χ0v) is 10.6. The normalized spacial score (nSPS) is 12.3. The van der Waals surface area contributed by atoms with Crippen molar-refractivity contribution in [1.82, 2.24) is 0 Å². The molecule has 3 N–H and O–H groups in total. The maximum Gasteiger partial charge on any atom is 0.183 e. The summed E-state index contributed by atoms with van der Waals surface area (Å²) in [5.74, 6) is 0.379. The van der Waals surface area contributed by atoms with Crippen molar-refractivity contribution in [2.45, 2.75) is 13.5 Å². The summed E-state index contributed by atoms with van der Waals surface area (Å²) in [4.78, 5) is 0. The number of hydrogen-bond acceptors (Lipinski definition) is 3. The van der Waals surface area contributed by atoms with Gasteiger partial charge in [0.25, 0.3) is 0 Å². The molecule has 0 atom stereocenters. The molecule has 0 fully saturated rings. The maximum absolute atomic E-state index is 8.98. The van der Waals surface area contributed by atoms with E-state index < -0.39 is 0 Å². The lowest BCUT2D eigenvalue weighted by Gasteiger charge is -2.04. The highest BCUT2D eigenvalue weighted by atomic mass is 16.5. The molecule has 0 aliphatic carbocycles. The molecule has 0 heterocycles. The molecule has 3 nitrogen and oxygen atoms in total. The number of hydrogen-bond donors (Lipinski definition) is 2. The van der Waals surface area contributed by atoms with Gasteiger partial charge in [0.15, 0.2) is 5.88 Å². The summed E-state index contributed by atoms with van der Waals surface area (Å²) in [7, 11) is 0. The zero-order valence-electron chi connectivity index (χ0n) is 10.6. The molecule has 0 saturated carbocycles. The molecule has 0 aromatic heterocycles. The lowest BCUT2D eigenvalue weighted by molar-refractivity contribution is 0.226. The van der Waals surface area contributed by atoms with Crippen molar-refractivity contribution in [1.29, 1.82) is 0 Å². The Labute approximate surface area is 108 Å². The third kappa shape index (κ3) is 4.11. The molecule has 0 aliphatic rings. The lowest BCUT2D eigenvalue weighted by Crippen LogP contribution is -2.01. The van der Waals surface area contributed by atoms with Crippen LogP contribution in [0.25, 0.3) is 5.57 Å². The smallest absolute Gasteiger partial charge is 0.183 e. The minimum absolute atomic E-state index is 0.0462. The molecule has 1 aromatic carbocycles. The third-order valence-corrected chi connectivity index (χ3v) is 2.43. The molecule has 1 aromatic rings. The molecule has 0 unspecified atom stereocenters. The molecule has 1 rings (SSSR count). The van der Waals surface area contributed by atoms with E-state index in [1.807, 2.05) is 37.3 Å². The quantitative estimate of drug-likeness (QED) is 0.598. The molecule has 0 saturated heterocycles. The van der Waals surface area contributed by atoms with Crippen molar-refractivity contribution < 1.29 is 9.84 Å². The standard InChI is InChI=1S/C15H19NO2/c1-3-13(9-10-15(16)18-4-2)14-7-5-12(11-17)6-8-14/h3,5-10,17H,1,4,11,16H2,2H3/b13-9+,15-10+. The van der Waals surface area contributed by atoms with E-state index >= 15 is 0 Å². The van der Waals surface area contributed by atoms with Gasteiger partial charge in [-0.15, -0.1) is 0 Å². The van der Waals surface area contributed by atoms with Crippen LogP contribution in [0.3, 0.4) is 0 Å². The molecular weight excluding hydrogens is 226 g/mol. The molecule has 0 spiro atoms. The number of aliphatic hydroxyl groups is 1. The van der Waals surface area contributed by atoms with Crippen molar-refractivity contribution in [3.63, 3.8) is 0 Å². The first-order valence-corrected chi connectivity index (χ1v) is 5.84. The summed E-state index contributed by atoms with van der Waals surface area (Å²) in [6.07, 6.45) is 5.32. The van der Waals surface area contributed by atoms with Crippen molar-refractivity contribution in [2.75, 3.05) is 6.61 Å². The molecule has 18 heavy (non-hydrogen) atoms. The van der Waals surface area contributed by atoms with E-state index in [0.29, 0.717) is 12.5 Å². The fourth-order valence-electron chi connectivity index (χ4n) is 1.47. The third-order valence-electron chi connectivity index (χ3n) is 2.43. The van der Waals surface area contributed by atoms with Crippen molar-refractivity contribution in [3.8, 4) is 0 Å². The van der Waals surface area contributed by atoms with Gasteiger partial charge in [0.05, 0.1) is 13.2 Å². The molecule has 96 valence electrons. The Bertz CT molecular complexity index is 444. The number of nitrogens with two attached hydrogens (primary N) is 1. The molecule has 0 radical (unpaired) electrons. The summed E-state index contributed by atoms with van der Waals surface area (Å²) >= 11 is 0.